The van der Waals surface area contributed by atoms with E-state index in [1.807, 2.05) is 18.2 Å². The molecule has 0 aliphatic rings. The summed E-state index contributed by atoms with van der Waals surface area (Å²) >= 11 is 6.12. The van der Waals surface area contributed by atoms with Gasteiger partial charge in [0, 0.05) is 12.1 Å². The monoisotopic (exact) mass is 426 g/mol. The maximum absolute atomic E-state index is 12.7. The quantitative estimate of drug-likeness (QED) is 0.701. The van der Waals surface area contributed by atoms with E-state index >= 15 is 0 Å². The largest absolute Gasteiger partial charge is 0.496 e. The van der Waals surface area contributed by atoms with Crippen LogP contribution >= 0.6 is 11.6 Å². The summed E-state index contributed by atoms with van der Waals surface area (Å²) in [6.07, 6.45) is 1.04. The van der Waals surface area contributed by atoms with Crippen LogP contribution in [0, 0.1) is 0 Å². The Kier molecular flexibility index (Phi) is 7.15. The van der Waals surface area contributed by atoms with E-state index < -0.39 is 22.0 Å². The van der Waals surface area contributed by atoms with E-state index in [0.29, 0.717) is 11.5 Å². The average Bonchev–Trinajstić information content (AvgIpc) is 2.65. The summed E-state index contributed by atoms with van der Waals surface area (Å²) < 4.78 is 36.1. The second-order valence-electron chi connectivity index (χ2n) is 6.08. The zero-order chi connectivity index (χ0) is 20.9. The minimum absolute atomic E-state index is 0.203. The van der Waals surface area contributed by atoms with Gasteiger partial charge in [0.2, 0.25) is 15.9 Å². The van der Waals surface area contributed by atoms with Crippen LogP contribution in [0.4, 0.5) is 5.69 Å². The SMILES string of the molecule is COc1ccc(N([C@H](C)C(=O)NCc2ccccc2OC)S(C)(=O)=O)cc1Cl. The van der Waals surface area contributed by atoms with Crippen molar-refractivity contribution in [3.63, 3.8) is 0 Å². The molecule has 0 bridgehead atoms. The van der Waals surface area contributed by atoms with Gasteiger partial charge in [0.05, 0.1) is 31.2 Å². The molecule has 0 heterocycles. The summed E-state index contributed by atoms with van der Waals surface area (Å²) in [4.78, 5) is 12.7. The van der Waals surface area contributed by atoms with Crippen LogP contribution in [0.2, 0.25) is 5.02 Å². The van der Waals surface area contributed by atoms with Gasteiger partial charge in [-0.15, -0.1) is 0 Å². The third-order valence-electron chi connectivity index (χ3n) is 4.12. The molecule has 1 N–H and O–H groups in total. The molecule has 2 aromatic carbocycles. The van der Waals surface area contributed by atoms with Crippen molar-refractivity contribution in [2.75, 3.05) is 24.8 Å². The number of carbonyl (C=O) groups is 1. The molecule has 0 aliphatic heterocycles. The second kappa shape index (κ2) is 9.16. The smallest absolute Gasteiger partial charge is 0.243 e. The Balaban J connectivity index is 2.24. The fraction of sp³-hybridized carbons (Fsp3) is 0.316. The van der Waals surface area contributed by atoms with Gasteiger partial charge in [-0.3, -0.25) is 9.10 Å². The topological polar surface area (TPSA) is 84.9 Å². The first-order chi connectivity index (χ1) is 13.2. The lowest BCUT2D eigenvalue weighted by atomic mass is 10.2. The highest BCUT2D eigenvalue weighted by atomic mass is 35.5. The minimum Gasteiger partial charge on any atom is -0.496 e. The summed E-state index contributed by atoms with van der Waals surface area (Å²) in [5, 5.41) is 3.00. The fourth-order valence-corrected chi connectivity index (χ4v) is 4.20. The van der Waals surface area contributed by atoms with Gasteiger partial charge in [-0.2, -0.15) is 0 Å². The van der Waals surface area contributed by atoms with Crippen LogP contribution < -0.4 is 19.1 Å². The molecule has 0 fully saturated rings. The van der Waals surface area contributed by atoms with Gasteiger partial charge in [0.1, 0.15) is 17.5 Å². The van der Waals surface area contributed by atoms with Gasteiger partial charge in [-0.05, 0) is 31.2 Å². The van der Waals surface area contributed by atoms with Crippen LogP contribution in [0.3, 0.4) is 0 Å². The van der Waals surface area contributed by atoms with Gasteiger partial charge in [0.15, 0.2) is 0 Å². The lowest BCUT2D eigenvalue weighted by Crippen LogP contribution is -2.47. The molecule has 0 radical (unpaired) electrons. The van der Waals surface area contributed by atoms with E-state index in [1.54, 1.807) is 19.2 Å². The predicted octanol–water partition coefficient (Wildman–Crippen LogP) is 2.83. The first-order valence-electron chi connectivity index (χ1n) is 8.41. The predicted molar refractivity (Wildman–Crippen MR) is 110 cm³/mol. The Morgan fingerprint density at radius 2 is 1.79 bits per heavy atom. The first-order valence-corrected chi connectivity index (χ1v) is 10.6. The highest BCUT2D eigenvalue weighted by Gasteiger charge is 2.29. The number of amides is 1. The van der Waals surface area contributed by atoms with Crippen molar-refractivity contribution in [1.82, 2.24) is 5.32 Å². The highest BCUT2D eigenvalue weighted by Crippen LogP contribution is 2.31. The van der Waals surface area contributed by atoms with E-state index in [1.165, 1.54) is 26.2 Å². The fourth-order valence-electron chi connectivity index (χ4n) is 2.78. The number of rotatable bonds is 8. The van der Waals surface area contributed by atoms with Gasteiger partial charge in [-0.25, -0.2) is 8.42 Å². The summed E-state index contributed by atoms with van der Waals surface area (Å²) in [6, 6.07) is 10.8. The zero-order valence-electron chi connectivity index (χ0n) is 16.1. The summed E-state index contributed by atoms with van der Waals surface area (Å²) in [7, 11) is -0.741. The summed E-state index contributed by atoms with van der Waals surface area (Å²) in [5.74, 6) is 0.591. The lowest BCUT2D eigenvalue weighted by molar-refractivity contribution is -0.122. The van der Waals surface area contributed by atoms with Crippen molar-refractivity contribution in [3.05, 3.63) is 53.1 Å². The zero-order valence-corrected chi connectivity index (χ0v) is 17.7. The van der Waals surface area contributed by atoms with E-state index in [4.69, 9.17) is 21.1 Å². The minimum atomic E-state index is -3.75. The van der Waals surface area contributed by atoms with E-state index in [9.17, 15) is 13.2 Å². The number of hydrogen-bond donors (Lipinski definition) is 1. The number of carbonyl (C=O) groups excluding carboxylic acids is 1. The Morgan fingerprint density at radius 3 is 2.36 bits per heavy atom. The van der Waals surface area contributed by atoms with Crippen molar-refractivity contribution in [2.24, 2.45) is 0 Å². The molecule has 1 amide bonds. The molecule has 28 heavy (non-hydrogen) atoms. The Hall–Kier alpha value is -2.45. The van der Waals surface area contributed by atoms with E-state index in [2.05, 4.69) is 5.32 Å². The Labute approximate surface area is 170 Å². The summed E-state index contributed by atoms with van der Waals surface area (Å²) in [6.45, 7) is 1.71. The number of methoxy groups -OCH3 is 2. The molecule has 1 atom stereocenters. The molecule has 0 saturated carbocycles. The lowest BCUT2D eigenvalue weighted by Gasteiger charge is -2.28. The summed E-state index contributed by atoms with van der Waals surface area (Å²) in [5.41, 5.74) is 1.05. The van der Waals surface area contributed by atoms with Crippen LogP contribution in [0.15, 0.2) is 42.5 Å². The van der Waals surface area contributed by atoms with Crippen molar-refractivity contribution >= 4 is 33.2 Å². The average molecular weight is 427 g/mol. The Morgan fingerprint density at radius 1 is 1.14 bits per heavy atom. The molecule has 2 aromatic rings. The molecule has 0 unspecified atom stereocenters. The maximum atomic E-state index is 12.7. The molecular formula is C19H23ClN2O5S. The number of nitrogens with zero attached hydrogens (tertiary/aromatic N) is 1. The van der Waals surface area contributed by atoms with Crippen LogP contribution in [0.25, 0.3) is 0 Å². The van der Waals surface area contributed by atoms with Crippen molar-refractivity contribution in [2.45, 2.75) is 19.5 Å². The van der Waals surface area contributed by atoms with Gasteiger partial charge >= 0.3 is 0 Å². The number of ether oxygens (including phenoxy) is 2. The van der Waals surface area contributed by atoms with Crippen LogP contribution in [0.5, 0.6) is 11.5 Å². The number of sulfonamides is 1. The molecule has 152 valence electrons. The number of anilines is 1. The molecule has 0 aromatic heterocycles. The number of benzene rings is 2. The van der Waals surface area contributed by atoms with Crippen molar-refractivity contribution in [3.8, 4) is 11.5 Å². The number of halogens is 1. The van der Waals surface area contributed by atoms with Gasteiger partial charge < -0.3 is 14.8 Å². The second-order valence-corrected chi connectivity index (χ2v) is 8.35. The molecule has 0 saturated heterocycles. The first kappa shape index (κ1) is 21.8. The normalized spacial score (nSPS) is 12.2. The van der Waals surface area contributed by atoms with Crippen molar-refractivity contribution in [1.29, 1.82) is 0 Å². The molecular weight excluding hydrogens is 404 g/mol. The molecule has 2 rings (SSSR count). The Bertz CT molecular complexity index is 949. The number of nitrogens with one attached hydrogen (secondary N) is 1. The standard InChI is InChI=1S/C19H23ClN2O5S/c1-13(19(23)21-12-14-7-5-6-8-17(14)26-2)22(28(4,24)25)15-9-10-18(27-3)16(20)11-15/h5-11,13H,12H2,1-4H3,(H,21,23)/t13-/m1/s1. The third-order valence-corrected chi connectivity index (χ3v) is 5.66. The molecule has 9 heteroatoms. The number of para-hydroxylation sites is 1. The number of hydrogen-bond acceptors (Lipinski definition) is 5. The van der Waals surface area contributed by atoms with Crippen molar-refractivity contribution < 1.29 is 22.7 Å². The van der Waals surface area contributed by atoms with Gasteiger partial charge in [-0.1, -0.05) is 29.8 Å². The van der Waals surface area contributed by atoms with E-state index in [-0.39, 0.29) is 17.3 Å². The van der Waals surface area contributed by atoms with Crippen LogP contribution in [-0.4, -0.2) is 40.8 Å². The van der Waals surface area contributed by atoms with Gasteiger partial charge in [0.25, 0.3) is 0 Å². The maximum Gasteiger partial charge on any atom is 0.243 e. The van der Waals surface area contributed by atoms with Crippen LogP contribution in [-0.2, 0) is 21.4 Å². The molecule has 0 spiro atoms. The highest BCUT2D eigenvalue weighted by molar-refractivity contribution is 7.92. The van der Waals surface area contributed by atoms with E-state index in [0.717, 1.165) is 16.1 Å². The third kappa shape index (κ3) is 5.08. The molecule has 0 aliphatic carbocycles. The van der Waals surface area contributed by atoms with Crippen LogP contribution in [0.1, 0.15) is 12.5 Å². The molecule has 7 nitrogen and oxygen atoms in total.